The number of hydrogen-bond donors (Lipinski definition) is 1. The molecular formula is C19H30N3O2PS. The molecule has 3 rings (SSSR count). The van der Waals surface area contributed by atoms with Gasteiger partial charge in [-0.3, -0.25) is 4.98 Å². The molecule has 0 radical (unpaired) electrons. The van der Waals surface area contributed by atoms with Gasteiger partial charge in [-0.15, -0.1) is 9.24 Å². The highest BCUT2D eigenvalue weighted by atomic mass is 32.2. The number of benzene rings is 1. The van der Waals surface area contributed by atoms with Crippen LogP contribution in [0.1, 0.15) is 13.8 Å². The van der Waals surface area contributed by atoms with Crippen LogP contribution in [-0.2, 0) is 11.0 Å². The number of nitrogens with one attached hydrogen (secondary N) is 1. The lowest BCUT2D eigenvalue weighted by molar-refractivity contribution is 0.184. The van der Waals surface area contributed by atoms with E-state index < -0.39 is 11.0 Å². The van der Waals surface area contributed by atoms with Gasteiger partial charge in [-0.2, -0.15) is 0 Å². The Morgan fingerprint density at radius 1 is 1.23 bits per heavy atom. The fourth-order valence-electron chi connectivity index (χ4n) is 2.40. The molecule has 0 amide bonds. The van der Waals surface area contributed by atoms with Crippen molar-refractivity contribution in [2.75, 3.05) is 32.9 Å². The van der Waals surface area contributed by atoms with Crippen LogP contribution in [0.15, 0.2) is 59.8 Å². The Kier molecular flexibility index (Phi) is 12.1. The van der Waals surface area contributed by atoms with E-state index in [2.05, 4.69) is 19.5 Å². The molecule has 1 aliphatic heterocycles. The van der Waals surface area contributed by atoms with Crippen molar-refractivity contribution in [1.29, 1.82) is 0 Å². The zero-order chi connectivity index (χ0) is 19.2. The van der Waals surface area contributed by atoms with Gasteiger partial charge in [0.05, 0.1) is 17.1 Å². The molecule has 1 N–H and O–H groups in total. The Bertz CT molecular complexity index is 617. The summed E-state index contributed by atoms with van der Waals surface area (Å²) in [7, 11) is 1.26. The molecule has 0 aliphatic carbocycles. The molecular weight excluding hydrogens is 365 g/mol. The van der Waals surface area contributed by atoms with Crippen molar-refractivity contribution in [3.05, 3.63) is 54.9 Å². The van der Waals surface area contributed by atoms with Gasteiger partial charge < -0.3 is 10.1 Å². The molecule has 1 aromatic heterocycles. The van der Waals surface area contributed by atoms with Crippen molar-refractivity contribution in [2.45, 2.75) is 24.8 Å². The van der Waals surface area contributed by atoms with E-state index in [1.54, 1.807) is 12.4 Å². The number of aromatic nitrogens is 1. The van der Waals surface area contributed by atoms with E-state index in [1.165, 1.54) is 0 Å². The second kappa shape index (κ2) is 13.8. The van der Waals surface area contributed by atoms with Crippen molar-refractivity contribution >= 4 is 20.2 Å². The lowest BCUT2D eigenvalue weighted by Crippen LogP contribution is -2.54. The Balaban J connectivity index is 0.000000791. The van der Waals surface area contributed by atoms with Gasteiger partial charge in [-0.25, -0.2) is 8.51 Å². The summed E-state index contributed by atoms with van der Waals surface area (Å²) >= 11 is 0. The molecule has 0 spiro atoms. The Hall–Kier alpha value is -1.33. The van der Waals surface area contributed by atoms with Crippen molar-refractivity contribution in [2.24, 2.45) is 0 Å². The van der Waals surface area contributed by atoms with Gasteiger partial charge in [0.1, 0.15) is 23.3 Å². The van der Waals surface area contributed by atoms with E-state index in [9.17, 15) is 4.21 Å². The van der Waals surface area contributed by atoms with Crippen molar-refractivity contribution in [1.82, 2.24) is 14.6 Å². The fourth-order valence-corrected chi connectivity index (χ4v) is 3.72. The minimum atomic E-state index is -1.16. The zero-order valence-corrected chi connectivity index (χ0v) is 17.8. The molecule has 0 bridgehead atoms. The van der Waals surface area contributed by atoms with Crippen molar-refractivity contribution in [3.63, 3.8) is 0 Å². The van der Waals surface area contributed by atoms with E-state index in [0.29, 0.717) is 6.61 Å². The first kappa shape index (κ1) is 22.7. The van der Waals surface area contributed by atoms with Crippen LogP contribution in [0.3, 0.4) is 0 Å². The van der Waals surface area contributed by atoms with Crippen molar-refractivity contribution < 1.29 is 8.95 Å². The molecule has 1 aromatic carbocycles. The number of hydrogen-bond acceptors (Lipinski definition) is 4. The lowest BCUT2D eigenvalue weighted by atomic mass is 10.2. The monoisotopic (exact) mass is 395 g/mol. The van der Waals surface area contributed by atoms with Crippen LogP contribution < -0.4 is 10.1 Å². The van der Waals surface area contributed by atoms with Gasteiger partial charge >= 0.3 is 0 Å². The molecule has 26 heavy (non-hydrogen) atoms. The van der Waals surface area contributed by atoms with Crippen molar-refractivity contribution in [3.8, 4) is 5.75 Å². The molecule has 1 saturated heterocycles. The van der Waals surface area contributed by atoms with Gasteiger partial charge in [0.25, 0.3) is 0 Å². The highest BCUT2D eigenvalue weighted by Gasteiger charge is 2.28. The van der Waals surface area contributed by atoms with Crippen LogP contribution >= 0.6 is 9.24 Å². The van der Waals surface area contributed by atoms with Gasteiger partial charge in [0.2, 0.25) is 0 Å². The Morgan fingerprint density at radius 3 is 2.62 bits per heavy atom. The van der Waals surface area contributed by atoms with Crippen LogP contribution in [-0.4, -0.2) is 52.4 Å². The minimum Gasteiger partial charge on any atom is -0.490 e. The molecule has 3 atom stereocenters. The van der Waals surface area contributed by atoms with E-state index in [0.717, 1.165) is 30.3 Å². The van der Waals surface area contributed by atoms with Crippen LogP contribution in [0.25, 0.3) is 0 Å². The number of ether oxygens (including phenoxy) is 1. The number of pyridine rings is 1. The summed E-state index contributed by atoms with van der Waals surface area (Å²) in [5.74, 6) is 0.735. The molecule has 2 heterocycles. The van der Waals surface area contributed by atoms with Crippen LogP contribution in [0, 0.1) is 0 Å². The number of piperazine rings is 1. The first-order valence-electron chi connectivity index (χ1n) is 8.89. The van der Waals surface area contributed by atoms with Gasteiger partial charge in [0, 0.05) is 25.8 Å². The van der Waals surface area contributed by atoms with E-state index in [1.807, 2.05) is 67.3 Å². The van der Waals surface area contributed by atoms with E-state index in [4.69, 9.17) is 4.74 Å². The largest absolute Gasteiger partial charge is 0.490 e. The van der Waals surface area contributed by atoms with Gasteiger partial charge in [0.15, 0.2) is 0 Å². The molecule has 1 fully saturated rings. The van der Waals surface area contributed by atoms with Crippen LogP contribution in [0.5, 0.6) is 5.75 Å². The Morgan fingerprint density at radius 2 is 1.96 bits per heavy atom. The third-order valence-electron chi connectivity index (χ3n) is 3.53. The average Bonchev–Trinajstić information content (AvgIpc) is 2.76. The standard InChI is InChI=1S/C16H19N3O2S.C2H6.CH5P/c20-22(16-6-2-1-3-7-16)19-10-9-18-11-14(19)13-21-15-5-4-8-17-12-15;2*1-2/h1-8,12,14,18H,9-11,13H2;1-2H3;2H2,1H3. The third-order valence-corrected chi connectivity index (χ3v) is 5.11. The predicted octanol–water partition coefficient (Wildman–Crippen LogP) is 2.97. The summed E-state index contributed by atoms with van der Waals surface area (Å²) in [6.45, 7) is 8.74. The highest BCUT2D eigenvalue weighted by Crippen LogP contribution is 2.16. The van der Waals surface area contributed by atoms with E-state index >= 15 is 0 Å². The number of rotatable bonds is 5. The normalized spacial score (nSPS) is 17.8. The molecule has 2 aromatic rings. The maximum atomic E-state index is 12.8. The van der Waals surface area contributed by atoms with E-state index in [-0.39, 0.29) is 6.04 Å². The number of nitrogens with zero attached hydrogens (tertiary/aromatic N) is 2. The second-order valence-electron chi connectivity index (χ2n) is 5.06. The zero-order valence-electron chi connectivity index (χ0n) is 15.8. The Labute approximate surface area is 162 Å². The molecule has 1 aliphatic rings. The highest BCUT2D eigenvalue weighted by molar-refractivity contribution is 7.82. The van der Waals surface area contributed by atoms with Crippen LogP contribution in [0.2, 0.25) is 0 Å². The topological polar surface area (TPSA) is 54.5 Å². The maximum absolute atomic E-state index is 12.8. The first-order chi connectivity index (χ1) is 12.8. The lowest BCUT2D eigenvalue weighted by Gasteiger charge is -2.34. The molecule has 3 unspecified atom stereocenters. The predicted molar refractivity (Wildman–Crippen MR) is 113 cm³/mol. The fraction of sp³-hybridized carbons (Fsp3) is 0.421. The molecule has 5 nitrogen and oxygen atoms in total. The summed E-state index contributed by atoms with van der Waals surface area (Å²) in [5.41, 5.74) is 0. The van der Waals surface area contributed by atoms with Gasteiger partial charge in [-0.1, -0.05) is 38.7 Å². The summed E-state index contributed by atoms with van der Waals surface area (Å²) in [6, 6.07) is 13.3. The smallest absolute Gasteiger partial charge is 0.137 e. The minimum absolute atomic E-state index is 0.0648. The molecule has 144 valence electrons. The average molecular weight is 396 g/mol. The molecule has 7 heteroatoms. The first-order valence-corrected chi connectivity index (χ1v) is 11.2. The second-order valence-corrected chi connectivity index (χ2v) is 6.50. The quantitative estimate of drug-likeness (QED) is 0.791. The summed E-state index contributed by atoms with van der Waals surface area (Å²) in [4.78, 5) is 4.87. The maximum Gasteiger partial charge on any atom is 0.137 e. The van der Waals surface area contributed by atoms with Gasteiger partial charge in [-0.05, 0) is 24.3 Å². The summed E-state index contributed by atoms with van der Waals surface area (Å²) in [5, 5.41) is 3.34. The summed E-state index contributed by atoms with van der Waals surface area (Å²) < 4.78 is 20.5. The summed E-state index contributed by atoms with van der Waals surface area (Å²) in [6.07, 6.45) is 3.40. The SMILES string of the molecule is CC.CP.O=S(c1ccccc1)N1CCNCC1COc1cccnc1. The van der Waals surface area contributed by atoms with Crippen LogP contribution in [0.4, 0.5) is 0 Å². The third kappa shape index (κ3) is 7.12. The molecule has 0 saturated carbocycles.